The molecule has 0 N–H and O–H groups in total. The number of likely N-dealkylation sites (N-methyl/N-ethyl adjacent to an activating group) is 1. The predicted octanol–water partition coefficient (Wildman–Crippen LogP) is 5.57. The minimum atomic E-state index is -0.405. The van der Waals surface area contributed by atoms with Crippen LogP contribution < -0.4 is 14.4 Å². The maximum absolute atomic E-state index is 14.0. The van der Waals surface area contributed by atoms with E-state index in [-0.39, 0.29) is 22.9 Å². The van der Waals surface area contributed by atoms with Crippen LogP contribution in [0.4, 0.5) is 11.4 Å². The topological polar surface area (TPSA) is 118 Å². The number of benzene rings is 3. The summed E-state index contributed by atoms with van der Waals surface area (Å²) < 4.78 is 11.9. The highest BCUT2D eigenvalue weighted by atomic mass is 16.5. The fourth-order valence-corrected chi connectivity index (χ4v) is 5.78. The van der Waals surface area contributed by atoms with Crippen LogP contribution in [0, 0.1) is 6.92 Å². The highest BCUT2D eigenvalue weighted by molar-refractivity contribution is 6.11. The number of fused-ring (bicyclic) bond motifs is 1. The molecule has 11 heteroatoms. The van der Waals surface area contributed by atoms with E-state index in [1.807, 2.05) is 48.2 Å². The lowest BCUT2D eigenvalue weighted by molar-refractivity contribution is -0.132. The molecule has 0 aliphatic carbocycles. The summed E-state index contributed by atoms with van der Waals surface area (Å²) in [6.07, 6.45) is 7.78. The van der Waals surface area contributed by atoms with Crippen LogP contribution in [0.3, 0.4) is 0 Å². The molecule has 1 saturated heterocycles. The third kappa shape index (κ3) is 7.65. The number of carbonyl (C=O) groups is 2. The van der Waals surface area contributed by atoms with Gasteiger partial charge in [-0.2, -0.15) is 4.99 Å². The molecule has 0 unspecified atom stereocenters. The second-order valence-corrected chi connectivity index (χ2v) is 11.7. The highest BCUT2D eigenvalue weighted by Gasteiger charge is 2.25. The molecule has 0 radical (unpaired) electrons. The normalized spacial score (nSPS) is 13.2. The Kier molecular flexibility index (Phi) is 10.9. The van der Waals surface area contributed by atoms with Crippen molar-refractivity contribution >= 4 is 40.3 Å². The summed E-state index contributed by atoms with van der Waals surface area (Å²) in [4.78, 5) is 56.6. The van der Waals surface area contributed by atoms with E-state index in [9.17, 15) is 14.4 Å². The molecule has 2 heterocycles. The number of aromatic nitrogens is 2. The smallest absolute Gasteiger partial charge is 0.260 e. The SMILES string of the molecule is COc1c(-c2cccc3nccnc23)ccc(C(=O)N(C)c2ccc(C)cc2OCCCCCC(=O)N2CCN(C)CC2)c1N=C=O. The van der Waals surface area contributed by atoms with Gasteiger partial charge in [0, 0.05) is 63.2 Å². The summed E-state index contributed by atoms with van der Waals surface area (Å²) in [6.45, 7) is 5.82. The lowest BCUT2D eigenvalue weighted by Crippen LogP contribution is -2.47. The summed E-state index contributed by atoms with van der Waals surface area (Å²) in [7, 11) is 5.19. The zero-order valence-corrected chi connectivity index (χ0v) is 27.4. The van der Waals surface area contributed by atoms with Crippen molar-refractivity contribution in [2.75, 3.05) is 58.9 Å². The fraction of sp³-hybridized carbons (Fsp3) is 0.361. The molecule has 1 aromatic heterocycles. The molecular formula is C36H40N6O5. The van der Waals surface area contributed by atoms with Crippen LogP contribution in [0.25, 0.3) is 22.2 Å². The average Bonchev–Trinajstić information content (AvgIpc) is 3.09. The number of aryl methyl sites for hydroxylation is 1. The van der Waals surface area contributed by atoms with Crippen molar-refractivity contribution in [1.29, 1.82) is 0 Å². The number of hydrogen-bond acceptors (Lipinski definition) is 9. The standard InChI is InChI=1S/C36H40N6O5/c1-25-12-15-30(31(23-25)47-22-7-5-6-11-32(44)42-20-18-40(2)19-21-42)41(3)36(45)28-14-13-27(35(46-4)34(28)39-24-43)26-9-8-10-29-33(26)38-17-16-37-29/h8-10,12-17,23H,5-7,11,18-22H2,1-4H3. The molecule has 244 valence electrons. The van der Waals surface area contributed by atoms with Crippen LogP contribution in [0.1, 0.15) is 41.6 Å². The number of methoxy groups -OCH3 is 1. The van der Waals surface area contributed by atoms with Gasteiger partial charge in [0.15, 0.2) is 5.75 Å². The van der Waals surface area contributed by atoms with Gasteiger partial charge in [0.2, 0.25) is 12.0 Å². The number of aliphatic imine (C=N–C) groups is 1. The fourth-order valence-electron chi connectivity index (χ4n) is 5.78. The van der Waals surface area contributed by atoms with Gasteiger partial charge < -0.3 is 24.2 Å². The third-order valence-electron chi connectivity index (χ3n) is 8.44. The zero-order valence-electron chi connectivity index (χ0n) is 27.4. The maximum Gasteiger partial charge on any atom is 0.260 e. The van der Waals surface area contributed by atoms with E-state index in [4.69, 9.17) is 9.47 Å². The van der Waals surface area contributed by atoms with Gasteiger partial charge in [0.05, 0.1) is 36.0 Å². The Hall–Kier alpha value is -5.12. The number of carbonyl (C=O) groups excluding carboxylic acids is 3. The van der Waals surface area contributed by atoms with Crippen molar-refractivity contribution in [1.82, 2.24) is 19.8 Å². The maximum atomic E-state index is 14.0. The Balaban J connectivity index is 1.30. The number of amides is 2. The van der Waals surface area contributed by atoms with Gasteiger partial charge in [0.25, 0.3) is 5.91 Å². The number of para-hydroxylation sites is 1. The second kappa shape index (κ2) is 15.4. The molecule has 0 saturated carbocycles. The zero-order chi connectivity index (χ0) is 33.3. The lowest BCUT2D eigenvalue weighted by atomic mass is 9.98. The number of piperazine rings is 1. The molecule has 47 heavy (non-hydrogen) atoms. The molecule has 3 aromatic carbocycles. The van der Waals surface area contributed by atoms with Crippen molar-refractivity contribution in [2.24, 2.45) is 4.99 Å². The second-order valence-electron chi connectivity index (χ2n) is 11.7. The molecule has 11 nitrogen and oxygen atoms in total. The monoisotopic (exact) mass is 636 g/mol. The van der Waals surface area contributed by atoms with Crippen LogP contribution >= 0.6 is 0 Å². The number of rotatable bonds is 12. The molecule has 1 aliphatic heterocycles. The summed E-state index contributed by atoms with van der Waals surface area (Å²) in [5.74, 6) is 0.622. The van der Waals surface area contributed by atoms with Gasteiger partial charge in [-0.15, -0.1) is 0 Å². The Morgan fingerprint density at radius 1 is 0.979 bits per heavy atom. The van der Waals surface area contributed by atoms with Crippen molar-refractivity contribution in [3.63, 3.8) is 0 Å². The molecule has 0 spiro atoms. The molecule has 0 atom stereocenters. The minimum absolute atomic E-state index is 0.0680. The van der Waals surface area contributed by atoms with Crippen LogP contribution in [-0.4, -0.2) is 91.7 Å². The number of nitrogens with zero attached hydrogens (tertiary/aromatic N) is 6. The van der Waals surface area contributed by atoms with E-state index in [1.165, 1.54) is 12.0 Å². The molecule has 0 bridgehead atoms. The van der Waals surface area contributed by atoms with Crippen molar-refractivity contribution < 1.29 is 23.9 Å². The largest absolute Gasteiger partial charge is 0.494 e. The molecule has 5 rings (SSSR count). The van der Waals surface area contributed by atoms with Crippen LogP contribution in [0.15, 0.2) is 65.9 Å². The molecule has 4 aromatic rings. The Bertz CT molecular complexity index is 1790. The number of unbranched alkanes of at least 4 members (excludes halogenated alkanes) is 2. The van der Waals surface area contributed by atoms with Crippen molar-refractivity contribution in [3.05, 3.63) is 72.1 Å². The third-order valence-corrected chi connectivity index (χ3v) is 8.44. The predicted molar refractivity (Wildman–Crippen MR) is 181 cm³/mol. The number of hydrogen-bond donors (Lipinski definition) is 0. The van der Waals surface area contributed by atoms with E-state index in [0.29, 0.717) is 41.1 Å². The van der Waals surface area contributed by atoms with Gasteiger partial charge >= 0.3 is 0 Å². The van der Waals surface area contributed by atoms with E-state index < -0.39 is 5.91 Å². The highest BCUT2D eigenvalue weighted by Crippen LogP contribution is 2.43. The summed E-state index contributed by atoms with van der Waals surface area (Å²) in [6, 6.07) is 14.6. The van der Waals surface area contributed by atoms with Crippen LogP contribution in [0.2, 0.25) is 0 Å². The van der Waals surface area contributed by atoms with Crippen molar-refractivity contribution in [2.45, 2.75) is 32.6 Å². The van der Waals surface area contributed by atoms with E-state index in [2.05, 4.69) is 26.9 Å². The van der Waals surface area contributed by atoms with E-state index in [0.717, 1.165) is 56.6 Å². The first-order valence-electron chi connectivity index (χ1n) is 15.8. The van der Waals surface area contributed by atoms with Gasteiger partial charge in [-0.3, -0.25) is 19.6 Å². The van der Waals surface area contributed by atoms with Gasteiger partial charge in [-0.1, -0.05) is 18.2 Å². The van der Waals surface area contributed by atoms with E-state index in [1.54, 1.807) is 37.7 Å². The summed E-state index contributed by atoms with van der Waals surface area (Å²) in [5.41, 5.74) is 4.46. The molecule has 2 amide bonds. The number of anilines is 1. The first-order valence-corrected chi connectivity index (χ1v) is 15.8. The summed E-state index contributed by atoms with van der Waals surface area (Å²) >= 11 is 0. The Morgan fingerprint density at radius 2 is 1.77 bits per heavy atom. The lowest BCUT2D eigenvalue weighted by Gasteiger charge is -2.32. The average molecular weight is 637 g/mol. The van der Waals surface area contributed by atoms with Gasteiger partial charge in [-0.25, -0.2) is 4.79 Å². The Morgan fingerprint density at radius 3 is 2.53 bits per heavy atom. The van der Waals surface area contributed by atoms with Crippen molar-refractivity contribution in [3.8, 4) is 22.6 Å². The van der Waals surface area contributed by atoms with Crippen LogP contribution in [-0.2, 0) is 9.59 Å². The first kappa shape index (κ1) is 33.2. The molecular weight excluding hydrogens is 596 g/mol. The quantitative estimate of drug-likeness (QED) is 0.113. The number of isocyanates is 1. The molecule has 1 fully saturated rings. The first-order chi connectivity index (χ1) is 22.8. The van der Waals surface area contributed by atoms with E-state index >= 15 is 0 Å². The van der Waals surface area contributed by atoms with Gasteiger partial charge in [-0.05, 0) is 69.1 Å². The van der Waals surface area contributed by atoms with Crippen LogP contribution in [0.5, 0.6) is 11.5 Å². The number of ether oxygens (including phenoxy) is 2. The molecule has 1 aliphatic rings. The van der Waals surface area contributed by atoms with Gasteiger partial charge in [0.1, 0.15) is 11.4 Å². The Labute approximate surface area is 274 Å². The summed E-state index contributed by atoms with van der Waals surface area (Å²) in [5, 5.41) is 0. The minimum Gasteiger partial charge on any atom is -0.494 e.